The lowest BCUT2D eigenvalue weighted by Gasteiger charge is -2.46. The van der Waals surface area contributed by atoms with Gasteiger partial charge in [0.05, 0.1) is 12.0 Å². The Morgan fingerprint density at radius 2 is 1.83 bits per heavy atom. The maximum atomic E-state index is 13.4. The second-order valence-corrected chi connectivity index (χ2v) is 8.64. The molecule has 0 unspecified atom stereocenters. The van der Waals surface area contributed by atoms with E-state index in [4.69, 9.17) is 4.74 Å². The molecule has 2 aliphatic rings. The zero-order valence-electron chi connectivity index (χ0n) is 17.6. The first-order valence-corrected chi connectivity index (χ1v) is 10.9. The first-order chi connectivity index (χ1) is 14.1. The topological polar surface area (TPSA) is 41.6 Å². The average molecular weight is 393 g/mol. The smallest absolute Gasteiger partial charge is 0.228 e. The molecule has 1 spiro atoms. The summed E-state index contributed by atoms with van der Waals surface area (Å²) in [5.74, 6) is 0.952. The van der Waals surface area contributed by atoms with Crippen LogP contribution in [0.25, 0.3) is 0 Å². The second kappa shape index (κ2) is 8.58. The van der Waals surface area contributed by atoms with Crippen LogP contribution in [0, 0.1) is 0 Å². The third-order valence-corrected chi connectivity index (χ3v) is 6.51. The molecule has 2 aliphatic heterocycles. The van der Waals surface area contributed by atoms with Crippen molar-refractivity contribution in [2.75, 3.05) is 20.1 Å². The molecule has 0 aromatic heterocycles. The quantitative estimate of drug-likeness (QED) is 0.804. The number of carbonyl (C=O) groups is 1. The molecule has 1 amide bonds. The molecule has 4 heteroatoms. The Balaban J connectivity index is 1.58. The van der Waals surface area contributed by atoms with Crippen LogP contribution < -0.4 is 10.1 Å². The van der Waals surface area contributed by atoms with Crippen molar-refractivity contribution in [1.82, 2.24) is 10.2 Å². The molecule has 1 fully saturated rings. The SMILES string of the molecule is CCC[C@H](C(=O)N[C@H]1CC2(CCN(C)CC2)Oc2ccccc21)c1ccccc1. The van der Waals surface area contributed by atoms with Crippen LogP contribution in [0.4, 0.5) is 0 Å². The summed E-state index contributed by atoms with van der Waals surface area (Å²) in [6, 6.07) is 18.4. The Labute approximate surface area is 174 Å². The normalized spacial score (nSPS) is 21.8. The summed E-state index contributed by atoms with van der Waals surface area (Å²) >= 11 is 0. The number of carbonyl (C=O) groups excluding carboxylic acids is 1. The average Bonchev–Trinajstić information content (AvgIpc) is 2.75. The van der Waals surface area contributed by atoms with Gasteiger partial charge in [0.2, 0.25) is 5.91 Å². The van der Waals surface area contributed by atoms with Crippen LogP contribution >= 0.6 is 0 Å². The number of likely N-dealkylation sites (tertiary alicyclic amines) is 1. The van der Waals surface area contributed by atoms with Gasteiger partial charge >= 0.3 is 0 Å². The van der Waals surface area contributed by atoms with Crippen molar-refractivity contribution in [3.8, 4) is 5.75 Å². The molecule has 29 heavy (non-hydrogen) atoms. The van der Waals surface area contributed by atoms with Crippen molar-refractivity contribution >= 4 is 5.91 Å². The molecule has 0 aliphatic carbocycles. The third-order valence-electron chi connectivity index (χ3n) is 6.51. The van der Waals surface area contributed by atoms with Crippen LogP contribution in [-0.4, -0.2) is 36.5 Å². The fourth-order valence-corrected chi connectivity index (χ4v) is 4.77. The van der Waals surface area contributed by atoms with Crippen molar-refractivity contribution in [1.29, 1.82) is 0 Å². The highest BCUT2D eigenvalue weighted by atomic mass is 16.5. The van der Waals surface area contributed by atoms with Crippen molar-refractivity contribution in [3.63, 3.8) is 0 Å². The summed E-state index contributed by atoms with van der Waals surface area (Å²) in [4.78, 5) is 15.7. The number of rotatable bonds is 5. The fourth-order valence-electron chi connectivity index (χ4n) is 4.77. The van der Waals surface area contributed by atoms with E-state index in [-0.39, 0.29) is 23.5 Å². The lowest BCUT2D eigenvalue weighted by atomic mass is 9.80. The summed E-state index contributed by atoms with van der Waals surface area (Å²) in [7, 11) is 2.16. The molecule has 0 radical (unpaired) electrons. The molecule has 2 heterocycles. The van der Waals surface area contributed by atoms with E-state index in [1.807, 2.05) is 30.3 Å². The van der Waals surface area contributed by atoms with Crippen LogP contribution in [0.3, 0.4) is 0 Å². The molecular weight excluding hydrogens is 360 g/mol. The van der Waals surface area contributed by atoms with Crippen LogP contribution in [0.2, 0.25) is 0 Å². The predicted molar refractivity (Wildman–Crippen MR) is 116 cm³/mol. The van der Waals surface area contributed by atoms with E-state index >= 15 is 0 Å². The van der Waals surface area contributed by atoms with Crippen molar-refractivity contribution in [3.05, 3.63) is 65.7 Å². The highest BCUT2D eigenvalue weighted by Gasteiger charge is 2.43. The molecular formula is C25H32N2O2. The highest BCUT2D eigenvalue weighted by molar-refractivity contribution is 5.84. The minimum Gasteiger partial charge on any atom is -0.487 e. The lowest BCUT2D eigenvalue weighted by molar-refractivity contribution is -0.124. The van der Waals surface area contributed by atoms with Gasteiger partial charge in [-0.25, -0.2) is 0 Å². The Morgan fingerprint density at radius 3 is 2.55 bits per heavy atom. The predicted octanol–water partition coefficient (Wildman–Crippen LogP) is 4.67. The molecule has 1 saturated heterocycles. The summed E-state index contributed by atoms with van der Waals surface area (Å²) in [5.41, 5.74) is 2.03. The molecule has 2 atom stereocenters. The number of hydrogen-bond donors (Lipinski definition) is 1. The zero-order chi connectivity index (χ0) is 20.3. The first-order valence-electron chi connectivity index (χ1n) is 10.9. The van der Waals surface area contributed by atoms with E-state index in [0.717, 1.165) is 62.1 Å². The number of ether oxygens (including phenoxy) is 1. The molecule has 4 nitrogen and oxygen atoms in total. The Bertz CT molecular complexity index is 828. The van der Waals surface area contributed by atoms with Gasteiger partial charge in [-0.15, -0.1) is 0 Å². The Hall–Kier alpha value is -2.33. The first kappa shape index (κ1) is 20.0. The molecule has 2 aromatic carbocycles. The molecule has 1 N–H and O–H groups in total. The van der Waals surface area contributed by atoms with Gasteiger partial charge < -0.3 is 15.0 Å². The van der Waals surface area contributed by atoms with Gasteiger partial charge in [0.15, 0.2) is 0 Å². The van der Waals surface area contributed by atoms with Gasteiger partial charge in [-0.05, 0) is 37.9 Å². The summed E-state index contributed by atoms with van der Waals surface area (Å²) in [6.45, 7) is 4.21. The standard InChI is InChI=1S/C25H32N2O2/c1-3-9-20(19-10-5-4-6-11-19)24(28)26-22-18-25(14-16-27(2)17-15-25)29-23-13-8-7-12-21(22)23/h4-8,10-13,20,22H,3,9,14-18H2,1-2H3,(H,26,28)/t20-,22-/m0/s1. The van der Waals surface area contributed by atoms with Crippen molar-refractivity contribution < 1.29 is 9.53 Å². The molecule has 0 saturated carbocycles. The number of amides is 1. The Kier molecular flexibility index (Phi) is 5.91. The van der Waals surface area contributed by atoms with E-state index in [0.29, 0.717) is 0 Å². The number of fused-ring (bicyclic) bond motifs is 1. The Morgan fingerprint density at radius 1 is 1.14 bits per heavy atom. The minimum absolute atomic E-state index is 0.000996. The number of hydrogen-bond acceptors (Lipinski definition) is 3. The summed E-state index contributed by atoms with van der Waals surface area (Å²) in [6.07, 6.45) is 4.68. The van der Waals surface area contributed by atoms with Gasteiger partial charge in [-0.2, -0.15) is 0 Å². The maximum absolute atomic E-state index is 13.4. The van der Waals surface area contributed by atoms with Crippen LogP contribution in [-0.2, 0) is 4.79 Å². The summed E-state index contributed by atoms with van der Waals surface area (Å²) < 4.78 is 6.54. The molecule has 154 valence electrons. The minimum atomic E-state index is -0.175. The van der Waals surface area contributed by atoms with Gasteiger partial charge in [-0.1, -0.05) is 61.9 Å². The van der Waals surface area contributed by atoms with Crippen LogP contribution in [0.1, 0.15) is 62.1 Å². The second-order valence-electron chi connectivity index (χ2n) is 8.64. The lowest BCUT2D eigenvalue weighted by Crippen LogP contribution is -2.51. The van der Waals surface area contributed by atoms with Gasteiger partial charge in [0, 0.05) is 25.1 Å². The van der Waals surface area contributed by atoms with Gasteiger partial charge in [0.25, 0.3) is 0 Å². The van der Waals surface area contributed by atoms with E-state index in [1.165, 1.54) is 0 Å². The van der Waals surface area contributed by atoms with Crippen LogP contribution in [0.15, 0.2) is 54.6 Å². The largest absolute Gasteiger partial charge is 0.487 e. The molecule has 0 bridgehead atoms. The van der Waals surface area contributed by atoms with Gasteiger partial charge in [0.1, 0.15) is 11.4 Å². The maximum Gasteiger partial charge on any atom is 0.228 e. The number of nitrogens with zero attached hydrogens (tertiary/aromatic N) is 1. The number of nitrogens with one attached hydrogen (secondary N) is 1. The van der Waals surface area contributed by atoms with Crippen molar-refractivity contribution in [2.24, 2.45) is 0 Å². The number of para-hydroxylation sites is 1. The van der Waals surface area contributed by atoms with E-state index in [2.05, 4.69) is 48.5 Å². The third kappa shape index (κ3) is 4.32. The van der Waals surface area contributed by atoms with Crippen LogP contribution in [0.5, 0.6) is 5.75 Å². The number of benzene rings is 2. The van der Waals surface area contributed by atoms with Gasteiger partial charge in [-0.3, -0.25) is 4.79 Å². The highest BCUT2D eigenvalue weighted by Crippen LogP contribution is 2.44. The van der Waals surface area contributed by atoms with E-state index in [1.54, 1.807) is 0 Å². The summed E-state index contributed by atoms with van der Waals surface area (Å²) in [5, 5.41) is 3.41. The van der Waals surface area contributed by atoms with Crippen molar-refractivity contribution in [2.45, 2.75) is 56.6 Å². The number of piperidine rings is 1. The monoisotopic (exact) mass is 392 g/mol. The van der Waals surface area contributed by atoms with E-state index in [9.17, 15) is 4.79 Å². The zero-order valence-corrected chi connectivity index (χ0v) is 17.6. The van der Waals surface area contributed by atoms with E-state index < -0.39 is 0 Å². The molecule has 4 rings (SSSR count). The molecule has 2 aromatic rings. The fraction of sp³-hybridized carbons (Fsp3) is 0.480.